The van der Waals surface area contributed by atoms with Gasteiger partial charge in [0.2, 0.25) is 5.91 Å². The lowest BCUT2D eigenvalue weighted by Gasteiger charge is -2.23. The molecule has 5 nitrogen and oxygen atoms in total. The summed E-state index contributed by atoms with van der Waals surface area (Å²) in [4.78, 5) is 18.6. The minimum absolute atomic E-state index is 0.0192. The van der Waals surface area contributed by atoms with Crippen LogP contribution in [0.3, 0.4) is 0 Å². The Morgan fingerprint density at radius 1 is 1.14 bits per heavy atom. The van der Waals surface area contributed by atoms with Crippen molar-refractivity contribution in [2.45, 2.75) is 26.2 Å². The van der Waals surface area contributed by atoms with E-state index in [1.54, 1.807) is 18.3 Å². The molecule has 29 heavy (non-hydrogen) atoms. The van der Waals surface area contributed by atoms with Crippen molar-refractivity contribution in [2.75, 3.05) is 24.5 Å². The zero-order valence-electron chi connectivity index (χ0n) is 16.6. The molecule has 0 fully saturated rings. The van der Waals surface area contributed by atoms with Gasteiger partial charge in [-0.3, -0.25) is 4.79 Å². The molecule has 0 saturated heterocycles. The largest absolute Gasteiger partial charge is 0.441 e. The van der Waals surface area contributed by atoms with Gasteiger partial charge in [-0.05, 0) is 49.7 Å². The van der Waals surface area contributed by atoms with Gasteiger partial charge in [-0.15, -0.1) is 0 Å². The summed E-state index contributed by atoms with van der Waals surface area (Å²) in [6.45, 7) is 4.58. The minimum Gasteiger partial charge on any atom is -0.441 e. The number of halogens is 1. The average molecular weight is 395 g/mol. The number of aryl methyl sites for hydroxylation is 1. The fourth-order valence-electron chi connectivity index (χ4n) is 3.09. The number of oxazole rings is 1. The van der Waals surface area contributed by atoms with Crippen LogP contribution in [0.15, 0.2) is 65.2 Å². The van der Waals surface area contributed by atoms with Crippen LogP contribution in [0.1, 0.15) is 25.7 Å². The molecule has 6 heteroatoms. The van der Waals surface area contributed by atoms with Gasteiger partial charge in [0.05, 0.1) is 6.20 Å². The first-order valence-electron chi connectivity index (χ1n) is 9.93. The fourth-order valence-corrected chi connectivity index (χ4v) is 3.09. The number of hydrogen-bond acceptors (Lipinski definition) is 4. The Labute approximate surface area is 170 Å². The second-order valence-corrected chi connectivity index (χ2v) is 6.74. The van der Waals surface area contributed by atoms with Crippen LogP contribution in [0.25, 0.3) is 11.3 Å². The molecule has 1 N–H and O–H groups in total. The van der Waals surface area contributed by atoms with Gasteiger partial charge >= 0.3 is 0 Å². The number of para-hydroxylation sites is 1. The highest BCUT2D eigenvalue weighted by molar-refractivity contribution is 5.76. The Hall–Kier alpha value is -3.15. The lowest BCUT2D eigenvalue weighted by Crippen LogP contribution is -2.30. The van der Waals surface area contributed by atoms with E-state index in [1.165, 1.54) is 17.8 Å². The summed E-state index contributed by atoms with van der Waals surface area (Å²) >= 11 is 0. The van der Waals surface area contributed by atoms with Crippen molar-refractivity contribution in [3.8, 4) is 11.3 Å². The van der Waals surface area contributed by atoms with Crippen molar-refractivity contribution in [3.05, 3.63) is 72.5 Å². The molecule has 2 aromatic carbocycles. The lowest BCUT2D eigenvalue weighted by molar-refractivity contribution is -0.121. The van der Waals surface area contributed by atoms with Crippen LogP contribution >= 0.6 is 0 Å². The molecule has 0 spiro atoms. The number of anilines is 1. The number of benzene rings is 2. The Morgan fingerprint density at radius 2 is 1.90 bits per heavy atom. The molecular weight excluding hydrogens is 369 g/mol. The van der Waals surface area contributed by atoms with Crippen LogP contribution < -0.4 is 10.2 Å². The molecule has 3 rings (SSSR count). The van der Waals surface area contributed by atoms with E-state index < -0.39 is 0 Å². The van der Waals surface area contributed by atoms with E-state index >= 15 is 0 Å². The van der Waals surface area contributed by atoms with Crippen LogP contribution in [0, 0.1) is 5.82 Å². The highest BCUT2D eigenvalue weighted by Gasteiger charge is 2.09. The monoisotopic (exact) mass is 395 g/mol. The zero-order chi connectivity index (χ0) is 20.5. The van der Waals surface area contributed by atoms with E-state index in [9.17, 15) is 9.18 Å². The molecule has 0 atom stereocenters. The van der Waals surface area contributed by atoms with E-state index in [-0.39, 0.29) is 11.7 Å². The number of aromatic nitrogens is 1. The van der Waals surface area contributed by atoms with E-state index in [4.69, 9.17) is 4.42 Å². The predicted octanol–water partition coefficient (Wildman–Crippen LogP) is 4.45. The molecule has 0 saturated carbocycles. The van der Waals surface area contributed by atoms with Crippen LogP contribution in [-0.2, 0) is 11.2 Å². The molecule has 1 heterocycles. The van der Waals surface area contributed by atoms with Gasteiger partial charge in [0.1, 0.15) is 5.82 Å². The molecule has 0 unspecified atom stereocenters. The average Bonchev–Trinajstić information content (AvgIpc) is 3.22. The van der Waals surface area contributed by atoms with Gasteiger partial charge in [-0.1, -0.05) is 18.2 Å². The van der Waals surface area contributed by atoms with Crippen molar-refractivity contribution in [2.24, 2.45) is 0 Å². The topological polar surface area (TPSA) is 58.4 Å². The second kappa shape index (κ2) is 10.4. The highest BCUT2D eigenvalue weighted by Crippen LogP contribution is 2.21. The first-order valence-corrected chi connectivity index (χ1v) is 9.93. The van der Waals surface area contributed by atoms with Gasteiger partial charge in [-0.25, -0.2) is 9.37 Å². The smallest absolute Gasteiger partial charge is 0.220 e. The van der Waals surface area contributed by atoms with Gasteiger partial charge in [0, 0.05) is 43.7 Å². The summed E-state index contributed by atoms with van der Waals surface area (Å²) in [7, 11) is 0. The third-order valence-corrected chi connectivity index (χ3v) is 4.68. The molecule has 0 aliphatic carbocycles. The van der Waals surface area contributed by atoms with Crippen molar-refractivity contribution in [1.29, 1.82) is 0 Å². The Balaban J connectivity index is 1.37. The van der Waals surface area contributed by atoms with Crippen LogP contribution in [-0.4, -0.2) is 30.5 Å². The maximum atomic E-state index is 13.0. The number of nitrogens with one attached hydrogen (secondary N) is 1. The number of carbonyl (C=O) groups excluding carboxylic acids is 1. The first-order chi connectivity index (χ1) is 14.2. The third-order valence-electron chi connectivity index (χ3n) is 4.68. The Kier molecular flexibility index (Phi) is 7.39. The molecule has 0 aliphatic rings. The number of hydrogen-bond donors (Lipinski definition) is 1. The molecule has 1 aromatic heterocycles. The van der Waals surface area contributed by atoms with Gasteiger partial charge in [0.25, 0.3) is 0 Å². The molecule has 0 radical (unpaired) electrons. The Bertz CT molecular complexity index is 894. The van der Waals surface area contributed by atoms with Crippen molar-refractivity contribution in [1.82, 2.24) is 10.3 Å². The van der Waals surface area contributed by atoms with Crippen LogP contribution in [0.2, 0.25) is 0 Å². The number of carbonyl (C=O) groups is 1. The second-order valence-electron chi connectivity index (χ2n) is 6.74. The quantitative estimate of drug-likeness (QED) is 0.516. The molecule has 3 aromatic rings. The van der Waals surface area contributed by atoms with Gasteiger partial charge in [0.15, 0.2) is 11.7 Å². The standard InChI is InChI=1S/C23H26FN3O2/c1-2-27(20-7-4-3-5-8-20)16-6-15-25-22(28)13-14-23-26-17-21(29-23)18-9-11-19(24)12-10-18/h3-5,7-12,17H,2,6,13-16H2,1H3,(H,25,28). The maximum Gasteiger partial charge on any atom is 0.220 e. The summed E-state index contributed by atoms with van der Waals surface area (Å²) in [6, 6.07) is 16.3. The number of rotatable bonds is 10. The summed E-state index contributed by atoms with van der Waals surface area (Å²) in [5.74, 6) is 0.756. The number of amides is 1. The molecule has 0 bridgehead atoms. The Morgan fingerprint density at radius 3 is 2.62 bits per heavy atom. The molecule has 0 aliphatic heterocycles. The predicted molar refractivity (Wildman–Crippen MR) is 112 cm³/mol. The van der Waals surface area contributed by atoms with Gasteiger partial charge < -0.3 is 14.6 Å². The molecular formula is C23H26FN3O2. The third kappa shape index (κ3) is 6.17. The zero-order valence-corrected chi connectivity index (χ0v) is 16.6. The summed E-state index contributed by atoms with van der Waals surface area (Å²) < 4.78 is 18.7. The molecule has 1 amide bonds. The fraction of sp³-hybridized carbons (Fsp3) is 0.304. The minimum atomic E-state index is -0.295. The lowest BCUT2D eigenvalue weighted by atomic mass is 10.2. The number of nitrogens with zero attached hydrogens (tertiary/aromatic N) is 2. The SMILES string of the molecule is CCN(CCCNC(=O)CCc1ncc(-c2ccc(F)cc2)o1)c1ccccc1. The normalized spacial score (nSPS) is 10.7. The maximum absolute atomic E-state index is 13.0. The summed E-state index contributed by atoms with van der Waals surface area (Å²) in [6.07, 6.45) is 3.23. The van der Waals surface area contributed by atoms with Crippen LogP contribution in [0.5, 0.6) is 0 Å². The van der Waals surface area contributed by atoms with E-state index in [2.05, 4.69) is 34.3 Å². The van der Waals surface area contributed by atoms with E-state index in [1.807, 2.05) is 18.2 Å². The first kappa shape index (κ1) is 20.6. The van der Waals surface area contributed by atoms with Crippen LogP contribution in [0.4, 0.5) is 10.1 Å². The van der Waals surface area contributed by atoms with Crippen molar-refractivity contribution >= 4 is 11.6 Å². The van der Waals surface area contributed by atoms with E-state index in [0.29, 0.717) is 31.0 Å². The molecule has 152 valence electrons. The van der Waals surface area contributed by atoms with Crippen molar-refractivity contribution < 1.29 is 13.6 Å². The summed E-state index contributed by atoms with van der Waals surface area (Å²) in [5, 5.41) is 2.95. The van der Waals surface area contributed by atoms with Crippen molar-refractivity contribution in [3.63, 3.8) is 0 Å². The van der Waals surface area contributed by atoms with Gasteiger partial charge in [-0.2, -0.15) is 0 Å². The summed E-state index contributed by atoms with van der Waals surface area (Å²) in [5.41, 5.74) is 1.95. The van der Waals surface area contributed by atoms with E-state index in [0.717, 1.165) is 25.1 Å². The highest BCUT2D eigenvalue weighted by atomic mass is 19.1.